The average molecular weight is 393 g/mol. The number of aliphatic hydroxyl groups is 1. The minimum Gasteiger partial charge on any atom is -0.373 e. The van der Waals surface area contributed by atoms with Crippen molar-refractivity contribution in [3.05, 3.63) is 34.9 Å². The second-order valence-electron chi connectivity index (χ2n) is 6.52. The van der Waals surface area contributed by atoms with Crippen LogP contribution in [0, 0.1) is 0 Å². The molecule has 5 nitrogen and oxygen atoms in total. The number of likely N-dealkylation sites (tertiary alicyclic amines) is 1. The third-order valence-electron chi connectivity index (χ3n) is 4.68. The molecular weight excluding hydrogens is 373 g/mol. The lowest BCUT2D eigenvalue weighted by Gasteiger charge is -2.39. The van der Waals surface area contributed by atoms with Gasteiger partial charge in [-0.1, -0.05) is 11.6 Å². The van der Waals surface area contributed by atoms with Crippen LogP contribution in [0.15, 0.2) is 24.3 Å². The fourth-order valence-corrected chi connectivity index (χ4v) is 2.97. The molecule has 1 N–H and O–H groups in total. The summed E-state index contributed by atoms with van der Waals surface area (Å²) in [5.74, 6) is -1.59. The van der Waals surface area contributed by atoms with Gasteiger partial charge in [-0.2, -0.15) is 13.2 Å². The minimum atomic E-state index is -5.04. The van der Waals surface area contributed by atoms with E-state index in [1.807, 2.05) is 0 Å². The Labute approximate surface area is 154 Å². The quantitative estimate of drug-likeness (QED) is 0.860. The highest BCUT2D eigenvalue weighted by molar-refractivity contribution is 6.30. The standard InChI is InChI=1S/C17H20ClF3N2O3/c1-16(26,17(19,20)21)15(25)23-9-7-13(8-10-23)22(2)14(24)11-3-5-12(18)6-4-11/h3-6,13,26H,7-10H2,1-2H3/t16-/m1/s1. The molecule has 1 heterocycles. The van der Waals surface area contributed by atoms with Gasteiger partial charge in [0.15, 0.2) is 0 Å². The molecule has 144 valence electrons. The van der Waals surface area contributed by atoms with Crippen molar-refractivity contribution in [3.63, 3.8) is 0 Å². The lowest BCUT2D eigenvalue weighted by molar-refractivity contribution is -0.250. The number of rotatable bonds is 3. The predicted octanol–water partition coefficient (Wildman–Crippen LogP) is 2.72. The van der Waals surface area contributed by atoms with E-state index in [1.54, 1.807) is 31.3 Å². The molecule has 1 aliphatic rings. The summed E-state index contributed by atoms with van der Waals surface area (Å²) in [6.45, 7) is 0.527. The van der Waals surface area contributed by atoms with Crippen LogP contribution in [0.2, 0.25) is 5.02 Å². The Morgan fingerprint density at radius 2 is 1.69 bits per heavy atom. The molecule has 0 saturated carbocycles. The highest BCUT2D eigenvalue weighted by atomic mass is 35.5. The molecular formula is C17H20ClF3N2O3. The van der Waals surface area contributed by atoms with Gasteiger partial charge >= 0.3 is 6.18 Å². The number of halogens is 4. The van der Waals surface area contributed by atoms with Crippen LogP contribution in [0.1, 0.15) is 30.1 Å². The van der Waals surface area contributed by atoms with Crippen molar-refractivity contribution < 1.29 is 27.9 Å². The maximum Gasteiger partial charge on any atom is 0.426 e. The first-order valence-electron chi connectivity index (χ1n) is 8.06. The molecule has 2 rings (SSSR count). The molecule has 1 aliphatic heterocycles. The molecule has 9 heteroatoms. The van der Waals surface area contributed by atoms with Gasteiger partial charge < -0.3 is 14.9 Å². The van der Waals surface area contributed by atoms with Crippen molar-refractivity contribution in [1.82, 2.24) is 9.80 Å². The van der Waals surface area contributed by atoms with Crippen LogP contribution >= 0.6 is 11.6 Å². The normalized spacial score (nSPS) is 18.3. The zero-order valence-electron chi connectivity index (χ0n) is 14.4. The molecule has 26 heavy (non-hydrogen) atoms. The van der Waals surface area contributed by atoms with Crippen molar-refractivity contribution in [2.24, 2.45) is 0 Å². The predicted molar refractivity (Wildman–Crippen MR) is 89.8 cm³/mol. The number of carbonyl (C=O) groups is 2. The molecule has 0 aromatic heterocycles. The molecule has 0 unspecified atom stereocenters. The van der Waals surface area contributed by atoms with Gasteiger partial charge in [0.2, 0.25) is 5.60 Å². The van der Waals surface area contributed by atoms with E-state index in [4.69, 9.17) is 11.6 Å². The molecule has 0 bridgehead atoms. The van der Waals surface area contributed by atoms with Crippen LogP contribution in [-0.2, 0) is 4.79 Å². The molecule has 2 amide bonds. The van der Waals surface area contributed by atoms with Gasteiger partial charge in [-0.15, -0.1) is 0 Å². The lowest BCUT2D eigenvalue weighted by Crippen LogP contribution is -2.58. The Bertz CT molecular complexity index is 669. The summed E-state index contributed by atoms with van der Waals surface area (Å²) in [5.41, 5.74) is -2.96. The van der Waals surface area contributed by atoms with E-state index in [0.717, 1.165) is 4.90 Å². The van der Waals surface area contributed by atoms with Crippen molar-refractivity contribution in [2.45, 2.75) is 37.6 Å². The van der Waals surface area contributed by atoms with Gasteiger partial charge in [-0.3, -0.25) is 9.59 Å². The third kappa shape index (κ3) is 4.12. The Morgan fingerprint density at radius 3 is 2.15 bits per heavy atom. The van der Waals surface area contributed by atoms with E-state index < -0.39 is 17.7 Å². The average Bonchev–Trinajstić information content (AvgIpc) is 2.59. The summed E-state index contributed by atoms with van der Waals surface area (Å²) in [7, 11) is 1.62. The van der Waals surface area contributed by atoms with Gasteiger partial charge in [-0.05, 0) is 44.0 Å². The second-order valence-corrected chi connectivity index (χ2v) is 6.95. The summed E-state index contributed by atoms with van der Waals surface area (Å²) in [4.78, 5) is 27.0. The molecule has 1 saturated heterocycles. The SMILES string of the molecule is CN(C(=O)c1ccc(Cl)cc1)C1CCN(C(=O)[C@@](C)(O)C(F)(F)F)CC1. The van der Waals surface area contributed by atoms with Crippen molar-refractivity contribution in [2.75, 3.05) is 20.1 Å². The smallest absolute Gasteiger partial charge is 0.373 e. The number of hydrogen-bond donors (Lipinski definition) is 1. The third-order valence-corrected chi connectivity index (χ3v) is 4.93. The van der Waals surface area contributed by atoms with Crippen LogP contribution in [0.3, 0.4) is 0 Å². The fourth-order valence-electron chi connectivity index (χ4n) is 2.85. The number of carbonyl (C=O) groups excluding carboxylic acids is 2. The largest absolute Gasteiger partial charge is 0.426 e. The number of piperidine rings is 1. The highest BCUT2D eigenvalue weighted by Crippen LogP contribution is 2.32. The van der Waals surface area contributed by atoms with E-state index in [0.29, 0.717) is 30.4 Å². The Morgan fingerprint density at radius 1 is 1.19 bits per heavy atom. The summed E-state index contributed by atoms with van der Waals surface area (Å²) in [6, 6.07) is 6.19. The van der Waals surface area contributed by atoms with E-state index in [-0.39, 0.29) is 25.0 Å². The number of amides is 2. The van der Waals surface area contributed by atoms with Crippen LogP contribution in [0.4, 0.5) is 13.2 Å². The maximum atomic E-state index is 12.8. The van der Waals surface area contributed by atoms with Crippen molar-refractivity contribution in [3.8, 4) is 0 Å². The minimum absolute atomic E-state index is 0.0357. The summed E-state index contributed by atoms with van der Waals surface area (Å²) in [5, 5.41) is 10.0. The molecule has 1 fully saturated rings. The lowest BCUT2D eigenvalue weighted by atomic mass is 9.98. The number of alkyl halides is 3. The Balaban J connectivity index is 1.98. The van der Waals surface area contributed by atoms with Crippen LogP contribution < -0.4 is 0 Å². The summed E-state index contributed by atoms with van der Waals surface area (Å²) >= 11 is 5.80. The molecule has 0 spiro atoms. The van der Waals surface area contributed by atoms with Gasteiger partial charge in [0.1, 0.15) is 0 Å². The first-order chi connectivity index (χ1) is 11.9. The second kappa shape index (κ2) is 7.44. The van der Waals surface area contributed by atoms with Crippen LogP contribution in [-0.4, -0.2) is 64.7 Å². The molecule has 1 atom stereocenters. The zero-order chi connectivity index (χ0) is 19.7. The van der Waals surface area contributed by atoms with Gasteiger partial charge in [0, 0.05) is 36.8 Å². The topological polar surface area (TPSA) is 60.9 Å². The van der Waals surface area contributed by atoms with Crippen molar-refractivity contribution in [1.29, 1.82) is 0 Å². The van der Waals surface area contributed by atoms with E-state index in [9.17, 15) is 27.9 Å². The molecule has 1 aromatic carbocycles. The summed E-state index contributed by atoms with van der Waals surface area (Å²) in [6.07, 6.45) is -4.38. The zero-order valence-corrected chi connectivity index (χ0v) is 15.1. The maximum absolute atomic E-state index is 12.8. The van der Waals surface area contributed by atoms with Gasteiger partial charge in [0.05, 0.1) is 0 Å². The number of nitrogens with zero attached hydrogens (tertiary/aromatic N) is 2. The van der Waals surface area contributed by atoms with Crippen LogP contribution in [0.5, 0.6) is 0 Å². The fraction of sp³-hybridized carbons (Fsp3) is 0.529. The summed E-state index contributed by atoms with van der Waals surface area (Å²) < 4.78 is 38.4. The molecule has 0 aliphatic carbocycles. The van der Waals surface area contributed by atoms with Gasteiger partial charge in [-0.25, -0.2) is 0 Å². The van der Waals surface area contributed by atoms with Crippen molar-refractivity contribution >= 4 is 23.4 Å². The van der Waals surface area contributed by atoms with Gasteiger partial charge in [0.25, 0.3) is 11.8 Å². The molecule has 1 aromatic rings. The monoisotopic (exact) mass is 392 g/mol. The molecule has 0 radical (unpaired) electrons. The number of benzene rings is 1. The number of hydrogen-bond acceptors (Lipinski definition) is 3. The van der Waals surface area contributed by atoms with E-state index >= 15 is 0 Å². The first-order valence-corrected chi connectivity index (χ1v) is 8.44. The van der Waals surface area contributed by atoms with E-state index in [1.165, 1.54) is 4.90 Å². The van der Waals surface area contributed by atoms with Crippen LogP contribution in [0.25, 0.3) is 0 Å². The first kappa shape index (κ1) is 20.5. The highest BCUT2D eigenvalue weighted by Gasteiger charge is 2.57. The Kier molecular flexibility index (Phi) is 5.87. The van der Waals surface area contributed by atoms with E-state index in [2.05, 4.69) is 0 Å². The Hall–Kier alpha value is -1.80.